The third-order valence-corrected chi connectivity index (χ3v) is 3.94. The highest BCUT2D eigenvalue weighted by molar-refractivity contribution is 5.00. The van der Waals surface area contributed by atoms with Crippen LogP contribution in [0.15, 0.2) is 12.3 Å². The van der Waals surface area contributed by atoms with E-state index in [1.54, 1.807) is 0 Å². The molecule has 0 spiro atoms. The van der Waals surface area contributed by atoms with Gasteiger partial charge in [0.25, 0.3) is 0 Å². The van der Waals surface area contributed by atoms with Crippen molar-refractivity contribution < 1.29 is 0 Å². The van der Waals surface area contributed by atoms with Gasteiger partial charge in [0.15, 0.2) is 0 Å². The largest absolute Gasteiger partial charge is 0.311 e. The first-order valence-electron chi connectivity index (χ1n) is 7.06. The van der Waals surface area contributed by atoms with Crippen molar-refractivity contribution >= 4 is 0 Å². The van der Waals surface area contributed by atoms with Crippen molar-refractivity contribution in [2.24, 2.45) is 13.0 Å². The lowest BCUT2D eigenvalue weighted by atomic mass is 9.97. The second-order valence-electron chi connectivity index (χ2n) is 5.73. The number of aromatic nitrogens is 2. The van der Waals surface area contributed by atoms with Crippen LogP contribution in [0.4, 0.5) is 0 Å². The normalized spacial score (nSPS) is 25.8. The van der Waals surface area contributed by atoms with Gasteiger partial charge in [0.05, 0.1) is 5.69 Å². The van der Waals surface area contributed by atoms with Gasteiger partial charge in [0.1, 0.15) is 0 Å². The van der Waals surface area contributed by atoms with Gasteiger partial charge in [-0.2, -0.15) is 5.10 Å². The Hall–Kier alpha value is -0.870. The van der Waals surface area contributed by atoms with Crippen molar-refractivity contribution in [2.75, 3.05) is 13.1 Å². The van der Waals surface area contributed by atoms with E-state index >= 15 is 0 Å². The molecule has 18 heavy (non-hydrogen) atoms. The zero-order chi connectivity index (χ0) is 13.1. The minimum Gasteiger partial charge on any atom is -0.311 e. The molecule has 0 amide bonds. The maximum Gasteiger partial charge on any atom is 0.0764 e. The number of rotatable bonds is 4. The van der Waals surface area contributed by atoms with Crippen LogP contribution in [0, 0.1) is 5.92 Å². The maximum atomic E-state index is 4.50. The first-order valence-corrected chi connectivity index (χ1v) is 7.06. The fourth-order valence-electron chi connectivity index (χ4n) is 2.77. The van der Waals surface area contributed by atoms with Gasteiger partial charge in [-0.25, -0.2) is 0 Å². The maximum absolute atomic E-state index is 4.50. The zero-order valence-electron chi connectivity index (χ0n) is 12.1. The van der Waals surface area contributed by atoms with Crippen molar-refractivity contribution in [3.05, 3.63) is 18.0 Å². The highest BCUT2D eigenvalue weighted by atomic mass is 15.3. The quantitative estimate of drug-likeness (QED) is 0.881. The van der Waals surface area contributed by atoms with Gasteiger partial charge in [0, 0.05) is 45.0 Å². The lowest BCUT2D eigenvalue weighted by Crippen LogP contribution is -2.57. The number of hydrogen-bond acceptors (Lipinski definition) is 3. The van der Waals surface area contributed by atoms with Gasteiger partial charge in [-0.1, -0.05) is 20.8 Å². The Bertz CT molecular complexity index is 372. The van der Waals surface area contributed by atoms with Crippen LogP contribution in [0.2, 0.25) is 0 Å². The fourth-order valence-corrected chi connectivity index (χ4v) is 2.77. The highest BCUT2D eigenvalue weighted by Crippen LogP contribution is 2.18. The van der Waals surface area contributed by atoms with Crippen molar-refractivity contribution in [1.82, 2.24) is 20.0 Å². The number of nitrogens with one attached hydrogen (secondary N) is 1. The molecule has 1 aromatic heterocycles. The number of nitrogens with zero attached hydrogens (tertiary/aromatic N) is 3. The lowest BCUT2D eigenvalue weighted by molar-refractivity contribution is 0.0886. The molecule has 2 heterocycles. The Balaban J connectivity index is 2.04. The number of piperazine rings is 1. The number of hydrogen-bond donors (Lipinski definition) is 1. The standard InChI is InChI=1S/C14H26N4/c1-5-12-9-18(14(8-15-12)11(2)3)10-13-6-7-17(4)16-13/h6-7,11-12,14-15H,5,8-10H2,1-4H3. The van der Waals surface area contributed by atoms with Crippen LogP contribution < -0.4 is 5.32 Å². The molecule has 0 aliphatic carbocycles. The van der Waals surface area contributed by atoms with Gasteiger partial charge >= 0.3 is 0 Å². The van der Waals surface area contributed by atoms with Crippen LogP contribution in [0.5, 0.6) is 0 Å². The van der Waals surface area contributed by atoms with E-state index in [4.69, 9.17) is 0 Å². The van der Waals surface area contributed by atoms with Crippen molar-refractivity contribution in [3.8, 4) is 0 Å². The molecule has 0 radical (unpaired) electrons. The Labute approximate surface area is 110 Å². The van der Waals surface area contributed by atoms with Gasteiger partial charge in [-0.05, 0) is 18.4 Å². The van der Waals surface area contributed by atoms with E-state index in [0.717, 1.165) is 19.6 Å². The minimum atomic E-state index is 0.620. The average molecular weight is 250 g/mol. The smallest absolute Gasteiger partial charge is 0.0764 e. The molecule has 1 aliphatic heterocycles. The van der Waals surface area contributed by atoms with E-state index in [1.807, 2.05) is 17.9 Å². The average Bonchev–Trinajstić information content (AvgIpc) is 2.74. The van der Waals surface area contributed by atoms with Gasteiger partial charge in [-0.15, -0.1) is 0 Å². The first kappa shape index (κ1) is 13.6. The van der Waals surface area contributed by atoms with Crippen LogP contribution in [-0.4, -0.2) is 39.9 Å². The summed E-state index contributed by atoms with van der Waals surface area (Å²) in [5.74, 6) is 0.680. The van der Waals surface area contributed by atoms with Gasteiger partial charge in [0.2, 0.25) is 0 Å². The molecule has 4 heteroatoms. The molecule has 1 fully saturated rings. The SMILES string of the molecule is CCC1CN(Cc2ccn(C)n2)C(C(C)C)CN1. The van der Waals surface area contributed by atoms with Crippen molar-refractivity contribution in [1.29, 1.82) is 0 Å². The second kappa shape index (κ2) is 5.85. The summed E-state index contributed by atoms with van der Waals surface area (Å²) in [5, 5.41) is 8.16. The Morgan fingerprint density at radius 2 is 2.28 bits per heavy atom. The monoisotopic (exact) mass is 250 g/mol. The van der Waals surface area contributed by atoms with E-state index in [-0.39, 0.29) is 0 Å². The highest BCUT2D eigenvalue weighted by Gasteiger charge is 2.29. The predicted molar refractivity (Wildman–Crippen MR) is 74.3 cm³/mol. The molecule has 2 atom stereocenters. The zero-order valence-corrected chi connectivity index (χ0v) is 12.1. The molecule has 1 aromatic rings. The van der Waals surface area contributed by atoms with E-state index in [1.165, 1.54) is 12.1 Å². The van der Waals surface area contributed by atoms with Gasteiger partial charge < -0.3 is 5.32 Å². The summed E-state index contributed by atoms with van der Waals surface area (Å²) in [7, 11) is 1.98. The third-order valence-electron chi connectivity index (χ3n) is 3.94. The molecule has 4 nitrogen and oxygen atoms in total. The predicted octanol–water partition coefficient (Wildman–Crippen LogP) is 1.63. The number of aryl methyl sites for hydroxylation is 1. The summed E-state index contributed by atoms with van der Waals surface area (Å²) < 4.78 is 1.89. The van der Waals surface area contributed by atoms with Crippen molar-refractivity contribution in [2.45, 2.75) is 45.8 Å². The van der Waals surface area contributed by atoms with E-state index in [0.29, 0.717) is 18.0 Å². The van der Waals surface area contributed by atoms with E-state index in [9.17, 15) is 0 Å². The molecular formula is C14H26N4. The minimum absolute atomic E-state index is 0.620. The third kappa shape index (κ3) is 3.12. The molecule has 1 aliphatic rings. The van der Waals surface area contributed by atoms with Crippen LogP contribution in [-0.2, 0) is 13.6 Å². The summed E-state index contributed by atoms with van der Waals surface area (Å²) in [5.41, 5.74) is 1.18. The molecule has 1 N–H and O–H groups in total. The summed E-state index contributed by atoms with van der Waals surface area (Å²) in [4.78, 5) is 2.59. The molecule has 102 valence electrons. The summed E-state index contributed by atoms with van der Waals surface area (Å²) in [6.07, 6.45) is 3.22. The lowest BCUT2D eigenvalue weighted by Gasteiger charge is -2.42. The second-order valence-corrected chi connectivity index (χ2v) is 5.73. The van der Waals surface area contributed by atoms with Crippen LogP contribution >= 0.6 is 0 Å². The summed E-state index contributed by atoms with van der Waals surface area (Å²) in [6.45, 7) is 10.1. The molecule has 2 unspecified atom stereocenters. The molecule has 0 aromatic carbocycles. The van der Waals surface area contributed by atoms with Crippen molar-refractivity contribution in [3.63, 3.8) is 0 Å². The molecule has 0 bridgehead atoms. The Morgan fingerprint density at radius 3 is 2.83 bits per heavy atom. The molecule has 1 saturated heterocycles. The fraction of sp³-hybridized carbons (Fsp3) is 0.786. The van der Waals surface area contributed by atoms with Crippen LogP contribution in [0.3, 0.4) is 0 Å². The topological polar surface area (TPSA) is 33.1 Å². The molecule has 0 saturated carbocycles. The summed E-state index contributed by atoms with van der Waals surface area (Å²) in [6, 6.07) is 3.37. The van der Waals surface area contributed by atoms with E-state index in [2.05, 4.69) is 42.2 Å². The molecule has 2 rings (SSSR count). The first-order chi connectivity index (χ1) is 8.60. The van der Waals surface area contributed by atoms with Crippen LogP contribution in [0.1, 0.15) is 32.9 Å². The van der Waals surface area contributed by atoms with Gasteiger partial charge in [-0.3, -0.25) is 9.58 Å². The van der Waals surface area contributed by atoms with E-state index < -0.39 is 0 Å². The Kier molecular flexibility index (Phi) is 4.40. The Morgan fingerprint density at radius 1 is 1.50 bits per heavy atom. The van der Waals surface area contributed by atoms with Crippen LogP contribution in [0.25, 0.3) is 0 Å². The summed E-state index contributed by atoms with van der Waals surface area (Å²) >= 11 is 0. The molecular weight excluding hydrogens is 224 g/mol.